The average molecular weight is 581 g/mol. The van der Waals surface area contributed by atoms with Gasteiger partial charge in [-0.05, 0) is 48.1 Å². The Morgan fingerprint density at radius 2 is 1.26 bits per heavy atom. The number of fused-ring (bicyclic) bond motifs is 4. The van der Waals surface area contributed by atoms with Gasteiger partial charge < -0.3 is 5.11 Å². The van der Waals surface area contributed by atoms with Crippen molar-refractivity contribution >= 4 is 35.2 Å². The Labute approximate surface area is 248 Å². The molecule has 3 aromatic carbocycles. The summed E-state index contributed by atoms with van der Waals surface area (Å²) in [5.41, 5.74) is 3.00. The van der Waals surface area contributed by atoms with E-state index in [1.54, 1.807) is 12.1 Å². The molecule has 42 heavy (non-hydrogen) atoms. The molecule has 6 atom stereocenters. The molecule has 0 aromatic heterocycles. The molecule has 4 amide bonds. The van der Waals surface area contributed by atoms with Crippen molar-refractivity contribution in [2.45, 2.75) is 31.8 Å². The van der Waals surface area contributed by atoms with E-state index < -0.39 is 35.5 Å². The standard InChI is InChI=1S/C34H29ClN2O5/c35-21-11-14-27(38)25(15-21)28-22-12-13-23-29(33(41)36(31(23)39)17-19-7-3-1-4-8-19)24(22)16-26-30(28)34(42)37(32(26)40)18-20-9-5-2-6-10-20/h1-12,14-15,23-24,26,28-30,38H,13,16-18H2/t23-,24+,26+,28+,29-,30+/m0/s1. The number of carbonyl (C=O) groups is 4. The average Bonchev–Trinajstić information content (AvgIpc) is 3.38. The lowest BCUT2D eigenvalue weighted by atomic mass is 9.57. The predicted molar refractivity (Wildman–Crippen MR) is 155 cm³/mol. The monoisotopic (exact) mass is 580 g/mol. The van der Waals surface area contributed by atoms with Gasteiger partial charge in [0.15, 0.2) is 0 Å². The van der Waals surface area contributed by atoms with Crippen LogP contribution in [0.5, 0.6) is 5.75 Å². The molecule has 0 bridgehead atoms. The van der Waals surface area contributed by atoms with Crippen molar-refractivity contribution in [3.63, 3.8) is 0 Å². The number of hydrogen-bond donors (Lipinski definition) is 1. The number of hydrogen-bond acceptors (Lipinski definition) is 5. The number of phenolic OH excluding ortho intramolecular Hbond substituents is 1. The molecule has 8 heteroatoms. The predicted octanol–water partition coefficient (Wildman–Crippen LogP) is 5.08. The van der Waals surface area contributed by atoms with Crippen LogP contribution in [0, 0.1) is 29.6 Å². The van der Waals surface area contributed by atoms with Crippen molar-refractivity contribution in [1.29, 1.82) is 0 Å². The molecular formula is C34H29ClN2O5. The number of amides is 4. The van der Waals surface area contributed by atoms with Crippen molar-refractivity contribution in [1.82, 2.24) is 9.80 Å². The highest BCUT2D eigenvalue weighted by molar-refractivity contribution is 6.30. The van der Waals surface area contributed by atoms with Crippen molar-refractivity contribution in [3.05, 3.63) is 112 Å². The van der Waals surface area contributed by atoms with Gasteiger partial charge in [0.2, 0.25) is 23.6 Å². The normalized spacial score (nSPS) is 28.5. The van der Waals surface area contributed by atoms with Crippen molar-refractivity contribution in [2.24, 2.45) is 29.6 Å². The van der Waals surface area contributed by atoms with Gasteiger partial charge >= 0.3 is 0 Å². The van der Waals surface area contributed by atoms with Gasteiger partial charge in [-0.1, -0.05) is 83.9 Å². The minimum atomic E-state index is -0.739. The number of allylic oxidation sites excluding steroid dienone is 2. The van der Waals surface area contributed by atoms with E-state index in [4.69, 9.17) is 11.6 Å². The summed E-state index contributed by atoms with van der Waals surface area (Å²) in [5.74, 6) is -4.66. The number of halogens is 1. The number of aromatic hydroxyl groups is 1. The van der Waals surface area contributed by atoms with Gasteiger partial charge in [0.1, 0.15) is 5.75 Å². The molecule has 1 saturated carbocycles. The van der Waals surface area contributed by atoms with Gasteiger partial charge in [-0.2, -0.15) is 0 Å². The van der Waals surface area contributed by atoms with E-state index in [2.05, 4.69) is 0 Å². The molecule has 3 aromatic rings. The van der Waals surface area contributed by atoms with Gasteiger partial charge in [-0.3, -0.25) is 29.0 Å². The molecule has 7 nitrogen and oxygen atoms in total. The van der Waals surface area contributed by atoms with Gasteiger partial charge in [-0.25, -0.2) is 0 Å². The smallest absolute Gasteiger partial charge is 0.234 e. The molecule has 2 heterocycles. The van der Waals surface area contributed by atoms with Gasteiger partial charge in [0.25, 0.3) is 0 Å². The third-order valence-electron chi connectivity index (χ3n) is 9.52. The second kappa shape index (κ2) is 10.2. The second-order valence-corrected chi connectivity index (χ2v) is 12.2. The fourth-order valence-electron chi connectivity index (χ4n) is 7.69. The van der Waals surface area contributed by atoms with Crippen LogP contribution in [0.1, 0.15) is 35.4 Å². The molecule has 3 fully saturated rings. The zero-order valence-electron chi connectivity index (χ0n) is 22.7. The first-order chi connectivity index (χ1) is 20.3. The summed E-state index contributed by atoms with van der Waals surface area (Å²) < 4.78 is 0. The maximum absolute atomic E-state index is 14.0. The molecule has 0 unspecified atom stereocenters. The first kappa shape index (κ1) is 26.7. The van der Waals surface area contributed by atoms with Gasteiger partial charge in [0, 0.05) is 16.5 Å². The lowest BCUT2D eigenvalue weighted by Gasteiger charge is -2.44. The zero-order chi connectivity index (χ0) is 29.1. The van der Waals surface area contributed by atoms with Crippen LogP contribution in [0.3, 0.4) is 0 Å². The Morgan fingerprint density at radius 3 is 1.88 bits per heavy atom. The minimum Gasteiger partial charge on any atom is -0.508 e. The second-order valence-electron chi connectivity index (χ2n) is 11.7. The van der Waals surface area contributed by atoms with Crippen LogP contribution in [0.25, 0.3) is 0 Å². The number of imide groups is 2. The van der Waals surface area contributed by atoms with Crippen molar-refractivity contribution < 1.29 is 24.3 Å². The number of benzene rings is 3. The number of nitrogens with zero attached hydrogens (tertiary/aromatic N) is 2. The summed E-state index contributed by atoms with van der Waals surface area (Å²) in [7, 11) is 0. The highest BCUT2D eigenvalue weighted by atomic mass is 35.5. The molecule has 2 aliphatic carbocycles. The quantitative estimate of drug-likeness (QED) is 0.335. The molecular weight excluding hydrogens is 552 g/mol. The summed E-state index contributed by atoms with van der Waals surface area (Å²) in [6, 6.07) is 23.5. The van der Waals surface area contributed by atoms with Crippen molar-refractivity contribution in [3.8, 4) is 5.75 Å². The molecule has 0 radical (unpaired) electrons. The first-order valence-corrected chi connectivity index (χ1v) is 14.7. The fourth-order valence-corrected chi connectivity index (χ4v) is 7.87. The van der Waals surface area contributed by atoms with E-state index in [9.17, 15) is 24.3 Å². The number of rotatable bonds is 5. The lowest BCUT2D eigenvalue weighted by Crippen LogP contribution is -2.43. The molecule has 4 aliphatic rings. The number of carbonyl (C=O) groups excluding carboxylic acids is 4. The molecule has 0 spiro atoms. The summed E-state index contributed by atoms with van der Waals surface area (Å²) in [5, 5.41) is 11.4. The Morgan fingerprint density at radius 1 is 0.690 bits per heavy atom. The van der Waals surface area contributed by atoms with Crippen LogP contribution in [0.15, 0.2) is 90.5 Å². The van der Waals surface area contributed by atoms with Crippen LogP contribution in [0.2, 0.25) is 5.02 Å². The largest absolute Gasteiger partial charge is 0.508 e. The Balaban J connectivity index is 1.29. The maximum atomic E-state index is 14.0. The van der Waals surface area contributed by atoms with E-state index in [0.29, 0.717) is 23.4 Å². The summed E-state index contributed by atoms with van der Waals surface area (Å²) >= 11 is 6.38. The van der Waals surface area contributed by atoms with Crippen LogP contribution in [0.4, 0.5) is 0 Å². The Bertz CT molecular complexity index is 1640. The third-order valence-corrected chi connectivity index (χ3v) is 9.76. The highest BCUT2D eigenvalue weighted by Crippen LogP contribution is 2.59. The first-order valence-electron chi connectivity index (χ1n) is 14.3. The van der Waals surface area contributed by atoms with E-state index in [1.807, 2.05) is 66.7 Å². The van der Waals surface area contributed by atoms with Gasteiger partial charge in [-0.15, -0.1) is 0 Å². The molecule has 2 saturated heterocycles. The van der Waals surface area contributed by atoms with E-state index >= 15 is 0 Å². The van der Waals surface area contributed by atoms with Crippen molar-refractivity contribution in [2.75, 3.05) is 0 Å². The van der Waals surface area contributed by atoms with Gasteiger partial charge in [0.05, 0.1) is 36.8 Å². The van der Waals surface area contributed by atoms with E-state index in [1.165, 1.54) is 15.9 Å². The summed E-state index contributed by atoms with van der Waals surface area (Å²) in [4.78, 5) is 58.2. The zero-order valence-corrected chi connectivity index (χ0v) is 23.5. The Kier molecular flexibility index (Phi) is 6.50. The lowest BCUT2D eigenvalue weighted by molar-refractivity contribution is -0.142. The van der Waals surface area contributed by atoms with Crippen LogP contribution < -0.4 is 0 Å². The van der Waals surface area contributed by atoms with Crippen LogP contribution in [-0.2, 0) is 32.3 Å². The minimum absolute atomic E-state index is 0.0203. The molecule has 2 aliphatic heterocycles. The maximum Gasteiger partial charge on any atom is 0.234 e. The highest BCUT2D eigenvalue weighted by Gasteiger charge is 2.62. The molecule has 1 N–H and O–H groups in total. The molecule has 7 rings (SSSR count). The SMILES string of the molecule is O=C1[C@H]2[C@H](CC=C3[C@H]2C[C@H]2C(=O)N(Cc4ccccc4)C(=O)[C@H]2[C@H]3c2cc(Cl)ccc2O)C(=O)N1Cc1ccccc1. The topological polar surface area (TPSA) is 95.0 Å². The summed E-state index contributed by atoms with van der Waals surface area (Å²) in [6.45, 7) is 0.345. The van der Waals surface area contributed by atoms with Crippen LogP contribution >= 0.6 is 11.6 Å². The van der Waals surface area contributed by atoms with Crippen LogP contribution in [-0.4, -0.2) is 38.5 Å². The number of likely N-dealkylation sites (tertiary alicyclic amines) is 2. The third kappa shape index (κ3) is 4.18. The van der Waals surface area contributed by atoms with E-state index in [0.717, 1.165) is 16.7 Å². The summed E-state index contributed by atoms with van der Waals surface area (Å²) in [6.07, 6.45) is 2.63. The Hall–Kier alpha value is -4.23. The molecule has 212 valence electrons. The number of phenols is 1. The van der Waals surface area contributed by atoms with E-state index in [-0.39, 0.29) is 42.5 Å². The fraction of sp³-hybridized carbons (Fsp3) is 0.294.